The molecule has 2 rings (SSSR count). The molecule has 0 saturated heterocycles. The Hall–Kier alpha value is -0.970. The quantitative estimate of drug-likeness (QED) is 0.771. The number of alkyl halides is 1. The summed E-state index contributed by atoms with van der Waals surface area (Å²) >= 11 is 3.31. The number of rotatable bonds is 4. The minimum absolute atomic E-state index is 0.0354. The topological polar surface area (TPSA) is 20.3 Å². The lowest BCUT2D eigenvalue weighted by atomic mass is 9.91. The molecule has 0 aliphatic heterocycles. The molecule has 0 N–H and O–H groups in total. The Labute approximate surface area is 119 Å². The monoisotopic (exact) mass is 331 g/mol. The van der Waals surface area contributed by atoms with E-state index in [-0.39, 0.29) is 23.1 Å². The van der Waals surface area contributed by atoms with Crippen molar-refractivity contribution < 1.29 is 13.6 Å². The molecule has 1 aromatic carbocycles. The molecule has 0 spiro atoms. The highest BCUT2D eigenvalue weighted by molar-refractivity contribution is 9.09. The van der Waals surface area contributed by atoms with E-state index < -0.39 is 11.6 Å². The van der Waals surface area contributed by atoms with Crippen LogP contribution in [0.3, 0.4) is 0 Å². The molecule has 0 atom stereocenters. The normalized spacial score (nSPS) is 15.2. The van der Waals surface area contributed by atoms with Crippen LogP contribution in [0.15, 0.2) is 12.1 Å². The average Bonchev–Trinajstić information content (AvgIpc) is 2.30. The summed E-state index contributed by atoms with van der Waals surface area (Å²) in [5.41, 5.74) is 0.254. The third-order valence-corrected chi connectivity index (χ3v) is 3.94. The first-order valence-corrected chi connectivity index (χ1v) is 7.49. The first-order chi connectivity index (χ1) is 9.04. The van der Waals surface area contributed by atoms with Crippen LogP contribution in [0.25, 0.3) is 0 Å². The lowest BCUT2D eigenvalue weighted by molar-refractivity contribution is 0.0594. The van der Waals surface area contributed by atoms with E-state index in [9.17, 15) is 13.6 Å². The number of benzene rings is 1. The molecular weight excluding hydrogens is 316 g/mol. The van der Waals surface area contributed by atoms with E-state index in [4.69, 9.17) is 0 Å². The minimum atomic E-state index is -0.785. The number of amides is 1. The number of carbonyl (C=O) groups excluding carboxylic acids is 1. The average molecular weight is 332 g/mol. The first kappa shape index (κ1) is 14.4. The van der Waals surface area contributed by atoms with Crippen LogP contribution in [0.2, 0.25) is 0 Å². The Morgan fingerprint density at radius 2 is 2.05 bits per heavy atom. The fourth-order valence-electron chi connectivity index (χ4n) is 2.22. The zero-order valence-electron chi connectivity index (χ0n) is 10.8. The summed E-state index contributed by atoms with van der Waals surface area (Å²) in [6.07, 6.45) is 3.02. The van der Waals surface area contributed by atoms with E-state index in [1.807, 2.05) is 0 Å². The number of hydrogen-bond acceptors (Lipinski definition) is 1. The molecule has 0 bridgehead atoms. The zero-order valence-corrected chi connectivity index (χ0v) is 12.3. The van der Waals surface area contributed by atoms with Gasteiger partial charge < -0.3 is 4.90 Å². The van der Waals surface area contributed by atoms with Crippen LogP contribution in [-0.2, 0) is 0 Å². The summed E-state index contributed by atoms with van der Waals surface area (Å²) in [4.78, 5) is 14.1. The van der Waals surface area contributed by atoms with Gasteiger partial charge in [0.25, 0.3) is 5.91 Å². The number of aryl methyl sites for hydroxylation is 1. The second-order valence-corrected chi connectivity index (χ2v) is 5.65. The van der Waals surface area contributed by atoms with Crippen LogP contribution in [0.1, 0.15) is 35.2 Å². The Morgan fingerprint density at radius 1 is 1.37 bits per heavy atom. The van der Waals surface area contributed by atoms with Crippen LogP contribution >= 0.6 is 15.9 Å². The van der Waals surface area contributed by atoms with Gasteiger partial charge in [-0.25, -0.2) is 8.78 Å². The molecule has 19 heavy (non-hydrogen) atoms. The predicted molar refractivity (Wildman–Crippen MR) is 73.6 cm³/mol. The Morgan fingerprint density at radius 3 is 2.58 bits per heavy atom. The molecule has 1 fully saturated rings. The second kappa shape index (κ2) is 5.99. The molecule has 0 unspecified atom stereocenters. The van der Waals surface area contributed by atoms with Gasteiger partial charge in [0.05, 0.1) is 5.56 Å². The summed E-state index contributed by atoms with van der Waals surface area (Å²) in [5, 5.41) is 0.650. The molecule has 1 aliphatic rings. The summed E-state index contributed by atoms with van der Waals surface area (Å²) < 4.78 is 27.0. The molecule has 1 amide bonds. The van der Waals surface area contributed by atoms with Crippen molar-refractivity contribution in [1.82, 2.24) is 4.90 Å². The van der Waals surface area contributed by atoms with Gasteiger partial charge >= 0.3 is 0 Å². The standard InChI is InChI=1S/C14H16BrF2NO/c1-9-7-11(13(17)8-12(9)16)14(19)18(6-5-15)10-3-2-4-10/h7-8,10H,2-6H2,1H3. The Kier molecular flexibility index (Phi) is 4.55. The number of halogens is 3. The molecule has 2 nitrogen and oxygen atoms in total. The van der Waals surface area contributed by atoms with Crippen LogP contribution in [0.4, 0.5) is 8.78 Å². The Bertz CT molecular complexity index is 489. The van der Waals surface area contributed by atoms with Gasteiger partial charge in [0.1, 0.15) is 11.6 Å². The summed E-state index contributed by atoms with van der Waals surface area (Å²) in [7, 11) is 0. The van der Waals surface area contributed by atoms with Gasteiger partial charge in [0, 0.05) is 24.0 Å². The maximum Gasteiger partial charge on any atom is 0.257 e. The predicted octanol–water partition coefficient (Wildman–Crippen LogP) is 3.66. The van der Waals surface area contributed by atoms with Crippen LogP contribution in [0.5, 0.6) is 0 Å². The summed E-state index contributed by atoms with van der Waals surface area (Å²) in [6.45, 7) is 2.07. The highest BCUT2D eigenvalue weighted by Crippen LogP contribution is 2.27. The molecule has 104 valence electrons. The van der Waals surface area contributed by atoms with Gasteiger partial charge in [0.15, 0.2) is 0 Å². The largest absolute Gasteiger partial charge is 0.335 e. The second-order valence-electron chi connectivity index (χ2n) is 4.85. The maximum atomic E-state index is 13.8. The fourth-order valence-corrected chi connectivity index (χ4v) is 2.60. The van der Waals surface area contributed by atoms with E-state index in [2.05, 4.69) is 15.9 Å². The van der Waals surface area contributed by atoms with E-state index >= 15 is 0 Å². The van der Waals surface area contributed by atoms with E-state index in [0.29, 0.717) is 11.9 Å². The van der Waals surface area contributed by atoms with Gasteiger partial charge in [-0.3, -0.25) is 4.79 Å². The van der Waals surface area contributed by atoms with E-state index in [0.717, 1.165) is 25.3 Å². The van der Waals surface area contributed by atoms with Gasteiger partial charge in [-0.2, -0.15) is 0 Å². The van der Waals surface area contributed by atoms with Gasteiger partial charge in [0.2, 0.25) is 0 Å². The van der Waals surface area contributed by atoms with Crippen LogP contribution in [0, 0.1) is 18.6 Å². The molecule has 0 aromatic heterocycles. The molecule has 5 heteroatoms. The molecule has 0 heterocycles. The van der Waals surface area contributed by atoms with Crippen molar-refractivity contribution in [3.8, 4) is 0 Å². The van der Waals surface area contributed by atoms with Crippen molar-refractivity contribution >= 4 is 21.8 Å². The molecule has 1 aliphatic carbocycles. The lowest BCUT2D eigenvalue weighted by Gasteiger charge is -2.37. The summed E-state index contributed by atoms with van der Waals surface area (Å²) in [5.74, 6) is -1.75. The first-order valence-electron chi connectivity index (χ1n) is 6.37. The van der Waals surface area contributed by atoms with Crippen molar-refractivity contribution in [2.45, 2.75) is 32.2 Å². The van der Waals surface area contributed by atoms with Crippen molar-refractivity contribution in [3.63, 3.8) is 0 Å². The highest BCUT2D eigenvalue weighted by atomic mass is 79.9. The fraction of sp³-hybridized carbons (Fsp3) is 0.500. The maximum absolute atomic E-state index is 13.8. The van der Waals surface area contributed by atoms with Crippen LogP contribution < -0.4 is 0 Å². The smallest absolute Gasteiger partial charge is 0.257 e. The molecule has 0 radical (unpaired) electrons. The van der Waals surface area contributed by atoms with E-state index in [1.165, 1.54) is 13.0 Å². The third-order valence-electron chi connectivity index (χ3n) is 3.58. The van der Waals surface area contributed by atoms with Crippen LogP contribution in [-0.4, -0.2) is 28.7 Å². The minimum Gasteiger partial charge on any atom is -0.335 e. The SMILES string of the molecule is Cc1cc(C(=O)N(CCBr)C2CCC2)c(F)cc1F. The van der Waals surface area contributed by atoms with Crippen molar-refractivity contribution in [3.05, 3.63) is 34.9 Å². The number of carbonyl (C=O) groups is 1. The summed E-state index contributed by atoms with van der Waals surface area (Å²) in [6, 6.07) is 2.28. The van der Waals surface area contributed by atoms with Crippen molar-refractivity contribution in [2.24, 2.45) is 0 Å². The molecule has 1 aromatic rings. The zero-order chi connectivity index (χ0) is 14.0. The highest BCUT2D eigenvalue weighted by Gasteiger charge is 2.30. The van der Waals surface area contributed by atoms with Gasteiger partial charge in [-0.1, -0.05) is 15.9 Å². The number of nitrogens with zero attached hydrogens (tertiary/aromatic N) is 1. The van der Waals surface area contributed by atoms with E-state index in [1.54, 1.807) is 4.90 Å². The van der Waals surface area contributed by atoms with Gasteiger partial charge in [-0.05, 0) is 37.8 Å². The molecule has 1 saturated carbocycles. The lowest BCUT2D eigenvalue weighted by Crippen LogP contribution is -2.45. The Balaban J connectivity index is 2.28. The third kappa shape index (κ3) is 2.96. The van der Waals surface area contributed by atoms with Crippen molar-refractivity contribution in [2.75, 3.05) is 11.9 Å². The van der Waals surface area contributed by atoms with Crippen molar-refractivity contribution in [1.29, 1.82) is 0 Å². The molecular formula is C14H16BrF2NO. The number of hydrogen-bond donors (Lipinski definition) is 0. The van der Waals surface area contributed by atoms with Gasteiger partial charge in [-0.15, -0.1) is 0 Å².